The summed E-state index contributed by atoms with van der Waals surface area (Å²) in [6.07, 6.45) is 3.01. The Labute approximate surface area is 203 Å². The van der Waals surface area contributed by atoms with Gasteiger partial charge in [-0.15, -0.1) is 11.3 Å². The number of amides is 2. The molecule has 5 rings (SSSR count). The van der Waals surface area contributed by atoms with Gasteiger partial charge < -0.3 is 5.32 Å². The van der Waals surface area contributed by atoms with Gasteiger partial charge in [0.1, 0.15) is 10.0 Å². The lowest BCUT2D eigenvalue weighted by Gasteiger charge is -2.10. The zero-order chi connectivity index (χ0) is 24.0. The Morgan fingerprint density at radius 2 is 1.88 bits per heavy atom. The number of thiophene rings is 1. The van der Waals surface area contributed by atoms with E-state index in [4.69, 9.17) is 11.6 Å². The van der Waals surface area contributed by atoms with Gasteiger partial charge in [0.25, 0.3) is 15.6 Å². The third-order valence-corrected chi connectivity index (χ3v) is 8.45. The van der Waals surface area contributed by atoms with E-state index in [-0.39, 0.29) is 15.5 Å². The van der Waals surface area contributed by atoms with E-state index >= 15 is 0 Å². The molecule has 0 aliphatic carbocycles. The summed E-state index contributed by atoms with van der Waals surface area (Å²) in [5.41, 5.74) is 2.43. The molecule has 1 aliphatic heterocycles. The molecule has 0 bridgehead atoms. The minimum Gasteiger partial charge on any atom is -0.306 e. The number of sulfonamides is 1. The largest absolute Gasteiger partial charge is 0.333 e. The summed E-state index contributed by atoms with van der Waals surface area (Å²) < 4.78 is 28.1. The van der Waals surface area contributed by atoms with Crippen LogP contribution in [-0.4, -0.2) is 35.9 Å². The summed E-state index contributed by atoms with van der Waals surface area (Å²) in [7, 11) is -2.00. The maximum absolute atomic E-state index is 13.1. The number of fused-ring (bicyclic) bond motifs is 2. The number of halogens is 1. The molecule has 4 heterocycles. The van der Waals surface area contributed by atoms with Gasteiger partial charge in [-0.1, -0.05) is 11.6 Å². The molecule has 0 saturated carbocycles. The lowest BCUT2D eigenvalue weighted by atomic mass is 10.0. The van der Waals surface area contributed by atoms with E-state index in [1.54, 1.807) is 12.3 Å². The first-order valence-corrected chi connectivity index (χ1v) is 12.8. The molecule has 1 aromatic carbocycles. The highest BCUT2D eigenvalue weighted by molar-refractivity contribution is 7.92. The van der Waals surface area contributed by atoms with Crippen LogP contribution < -0.4 is 15.6 Å². The number of anilines is 1. The average molecular weight is 516 g/mol. The number of nitrogens with one attached hydrogen (secondary N) is 2. The molecule has 1 aliphatic rings. The predicted octanol–water partition coefficient (Wildman–Crippen LogP) is 3.56. The molecule has 174 valence electrons. The number of aromatic nitrogens is 2. The molecule has 3 aromatic heterocycles. The van der Waals surface area contributed by atoms with Crippen molar-refractivity contribution in [3.8, 4) is 5.82 Å². The third-order valence-electron chi connectivity index (χ3n) is 5.40. The van der Waals surface area contributed by atoms with Crippen LogP contribution in [0.5, 0.6) is 0 Å². The molecule has 0 atom stereocenters. The van der Waals surface area contributed by atoms with Gasteiger partial charge in [-0.3, -0.25) is 14.3 Å². The molecule has 9 nitrogen and oxygen atoms in total. The first-order chi connectivity index (χ1) is 16.2. The monoisotopic (exact) mass is 515 g/mol. The lowest BCUT2D eigenvalue weighted by Crippen LogP contribution is -2.34. The van der Waals surface area contributed by atoms with Crippen molar-refractivity contribution in [2.24, 2.45) is 0 Å². The number of carbonyl (C=O) groups excluding carboxylic acids is 1. The van der Waals surface area contributed by atoms with Crippen molar-refractivity contribution in [2.75, 3.05) is 12.4 Å². The SMILES string of the molecule is CN1Cc2cc3ccn(-c4ccc(NC(=O)NS(=O)(=O)c5ccc(Cl)s5)cn4)c(=O)c3cc2C1. The second-order valence-corrected chi connectivity index (χ2v) is 11.5. The van der Waals surface area contributed by atoms with Crippen LogP contribution in [-0.2, 0) is 23.1 Å². The van der Waals surface area contributed by atoms with E-state index in [0.29, 0.717) is 15.5 Å². The number of carbonyl (C=O) groups is 1. The quantitative estimate of drug-likeness (QED) is 0.429. The third kappa shape index (κ3) is 4.30. The second kappa shape index (κ2) is 8.51. The maximum Gasteiger partial charge on any atom is 0.333 e. The molecule has 0 unspecified atom stereocenters. The summed E-state index contributed by atoms with van der Waals surface area (Å²) >= 11 is 6.60. The highest BCUT2D eigenvalue weighted by Gasteiger charge is 2.20. The van der Waals surface area contributed by atoms with E-state index in [9.17, 15) is 18.0 Å². The van der Waals surface area contributed by atoms with Crippen molar-refractivity contribution in [1.29, 1.82) is 0 Å². The number of pyridine rings is 2. The Bertz CT molecular complexity index is 1600. The fourth-order valence-electron chi connectivity index (χ4n) is 3.87. The van der Waals surface area contributed by atoms with Crippen LogP contribution in [0.2, 0.25) is 4.34 Å². The second-order valence-electron chi connectivity index (χ2n) is 7.89. The molecule has 12 heteroatoms. The molecule has 34 heavy (non-hydrogen) atoms. The van der Waals surface area contributed by atoms with Gasteiger partial charge in [-0.05, 0) is 66.0 Å². The first kappa shape index (κ1) is 22.5. The zero-order valence-electron chi connectivity index (χ0n) is 17.8. The van der Waals surface area contributed by atoms with Gasteiger partial charge in [0.2, 0.25) is 0 Å². The Hall–Kier alpha value is -3.25. The maximum atomic E-state index is 13.1. The fraction of sp³-hybridized carbons (Fsp3) is 0.136. The molecular weight excluding hydrogens is 498 g/mol. The highest BCUT2D eigenvalue weighted by atomic mass is 35.5. The molecule has 2 N–H and O–H groups in total. The fourth-order valence-corrected chi connectivity index (χ4v) is 6.26. The van der Waals surface area contributed by atoms with Crippen LogP contribution in [0.25, 0.3) is 16.6 Å². The number of rotatable bonds is 4. The number of benzene rings is 1. The predicted molar refractivity (Wildman–Crippen MR) is 131 cm³/mol. The van der Waals surface area contributed by atoms with Crippen molar-refractivity contribution >= 4 is 55.5 Å². The molecule has 0 saturated heterocycles. The van der Waals surface area contributed by atoms with Gasteiger partial charge in [-0.25, -0.2) is 22.9 Å². The summed E-state index contributed by atoms with van der Waals surface area (Å²) in [6, 6.07) is 10.8. The van der Waals surface area contributed by atoms with Gasteiger partial charge in [-0.2, -0.15) is 0 Å². The molecule has 0 radical (unpaired) electrons. The minimum absolute atomic E-state index is 0.0749. The molecule has 0 fully saturated rings. The number of hydrogen-bond acceptors (Lipinski definition) is 7. The zero-order valence-corrected chi connectivity index (χ0v) is 20.2. The standard InChI is InChI=1S/C22H18ClN5O4S2/c1-27-11-14-8-13-6-7-28(21(29)17(13)9-15(14)12-27)19-4-2-16(10-24-19)25-22(30)26-34(31,32)20-5-3-18(23)33-20/h2-10H,11-12H2,1H3,(H2,25,26,30). The van der Waals surface area contributed by atoms with E-state index in [2.05, 4.69) is 21.3 Å². The Kier molecular flexibility index (Phi) is 5.64. The summed E-state index contributed by atoms with van der Waals surface area (Å²) in [5.74, 6) is 0.372. The summed E-state index contributed by atoms with van der Waals surface area (Å²) in [6.45, 7) is 1.66. The van der Waals surface area contributed by atoms with Crippen molar-refractivity contribution in [2.45, 2.75) is 17.3 Å². The van der Waals surface area contributed by atoms with E-state index in [1.165, 1.54) is 34.5 Å². The number of nitrogens with zero attached hydrogens (tertiary/aromatic N) is 3. The van der Waals surface area contributed by atoms with Crippen molar-refractivity contribution in [1.82, 2.24) is 19.2 Å². The van der Waals surface area contributed by atoms with Gasteiger partial charge >= 0.3 is 6.03 Å². The average Bonchev–Trinajstić information content (AvgIpc) is 3.38. The summed E-state index contributed by atoms with van der Waals surface area (Å²) in [4.78, 5) is 31.7. The van der Waals surface area contributed by atoms with Crippen molar-refractivity contribution in [3.05, 3.63) is 80.7 Å². The molecule has 4 aromatic rings. The normalized spacial score (nSPS) is 13.7. The van der Waals surface area contributed by atoms with E-state index < -0.39 is 16.1 Å². The number of urea groups is 1. The Morgan fingerprint density at radius 1 is 1.12 bits per heavy atom. The molecule has 2 amide bonds. The lowest BCUT2D eigenvalue weighted by molar-refractivity contribution is 0.256. The van der Waals surface area contributed by atoms with Crippen LogP contribution in [0.3, 0.4) is 0 Å². The summed E-state index contributed by atoms with van der Waals surface area (Å²) in [5, 5.41) is 3.90. The van der Waals surface area contributed by atoms with E-state index in [1.807, 2.05) is 23.9 Å². The van der Waals surface area contributed by atoms with Crippen LogP contribution in [0, 0.1) is 0 Å². The Morgan fingerprint density at radius 3 is 2.56 bits per heavy atom. The number of hydrogen-bond donors (Lipinski definition) is 2. The van der Waals surface area contributed by atoms with Gasteiger partial charge in [0.05, 0.1) is 16.2 Å². The van der Waals surface area contributed by atoms with Crippen molar-refractivity contribution < 1.29 is 13.2 Å². The molecular formula is C22H18ClN5O4S2. The Balaban J connectivity index is 1.35. The molecule has 0 spiro atoms. The van der Waals surface area contributed by atoms with Crippen LogP contribution in [0.4, 0.5) is 10.5 Å². The van der Waals surface area contributed by atoms with Crippen molar-refractivity contribution in [3.63, 3.8) is 0 Å². The van der Waals surface area contributed by atoms with Gasteiger partial charge in [0, 0.05) is 24.7 Å². The van der Waals surface area contributed by atoms with Crippen LogP contribution in [0.1, 0.15) is 11.1 Å². The van der Waals surface area contributed by atoms with Crippen LogP contribution >= 0.6 is 22.9 Å². The van der Waals surface area contributed by atoms with Crippen LogP contribution in [0.15, 0.2) is 63.9 Å². The topological polar surface area (TPSA) is 113 Å². The van der Waals surface area contributed by atoms with Gasteiger partial charge in [0.15, 0.2) is 0 Å². The smallest absolute Gasteiger partial charge is 0.306 e. The van der Waals surface area contributed by atoms with E-state index in [0.717, 1.165) is 35.4 Å². The minimum atomic E-state index is -4.04. The highest BCUT2D eigenvalue weighted by Crippen LogP contribution is 2.26. The first-order valence-electron chi connectivity index (χ1n) is 10.1.